The van der Waals surface area contributed by atoms with E-state index in [0.29, 0.717) is 12.3 Å². The summed E-state index contributed by atoms with van der Waals surface area (Å²) in [5, 5.41) is 11.3. The van der Waals surface area contributed by atoms with E-state index in [1.807, 2.05) is 6.92 Å². The number of aromatic nitrogens is 4. The summed E-state index contributed by atoms with van der Waals surface area (Å²) in [6.45, 7) is 4.53. The first kappa shape index (κ1) is 28.5. The van der Waals surface area contributed by atoms with Gasteiger partial charge in [-0.25, -0.2) is 13.1 Å². The zero-order chi connectivity index (χ0) is 29.3. The Bertz CT molecular complexity index is 1630. The second kappa shape index (κ2) is 11.4. The van der Waals surface area contributed by atoms with Crippen molar-refractivity contribution in [3.63, 3.8) is 0 Å². The quantitative estimate of drug-likeness (QED) is 0.471. The Hall–Kier alpha value is -4.04. The number of amides is 2. The fourth-order valence-corrected chi connectivity index (χ4v) is 7.00. The molecule has 1 fully saturated rings. The first-order valence-corrected chi connectivity index (χ1v) is 14.9. The van der Waals surface area contributed by atoms with Crippen LogP contribution in [0.5, 0.6) is 5.75 Å². The highest BCUT2D eigenvalue weighted by atomic mass is 32.2. The number of hydrogen-bond acceptors (Lipinski definition) is 8. The van der Waals surface area contributed by atoms with E-state index in [-0.39, 0.29) is 61.3 Å². The van der Waals surface area contributed by atoms with E-state index in [1.54, 1.807) is 55.3 Å². The summed E-state index contributed by atoms with van der Waals surface area (Å²) in [6.07, 6.45) is 3.28. The van der Waals surface area contributed by atoms with Gasteiger partial charge in [-0.15, -0.1) is 5.10 Å². The average Bonchev–Trinajstić information content (AvgIpc) is 3.57. The molecule has 13 nitrogen and oxygen atoms in total. The smallest absolute Gasteiger partial charge is 0.263 e. The van der Waals surface area contributed by atoms with Crippen molar-refractivity contribution < 1.29 is 22.7 Å². The molecule has 218 valence electrons. The lowest BCUT2D eigenvalue weighted by molar-refractivity contribution is -0.122. The maximum absolute atomic E-state index is 13.9. The number of carbonyl (C=O) groups is 2. The molecule has 2 aliphatic rings. The molecule has 0 aliphatic carbocycles. The van der Waals surface area contributed by atoms with E-state index in [4.69, 9.17) is 4.74 Å². The summed E-state index contributed by atoms with van der Waals surface area (Å²) >= 11 is 0. The molecule has 1 aromatic carbocycles. The predicted molar refractivity (Wildman–Crippen MR) is 148 cm³/mol. The number of aryl methyl sites for hydroxylation is 1. The van der Waals surface area contributed by atoms with Gasteiger partial charge >= 0.3 is 0 Å². The standard InChI is InChI=1S/C27H33N7O6S/c1-4-40-23-8-7-18(2)12-24(23)41(38,39)33-14-19-13-25(35)28-9-11-31(3)26(36)21-6-5-10-32(27(21)37)15-20-16-34(30-29-20)22(19)17-33/h5-8,10,12,16,19,22H,4,9,11,13-15,17H2,1-3H3,(H,28,35)/t19-,22+/m0/s1. The normalized spacial score (nSPS) is 20.5. The largest absolute Gasteiger partial charge is 0.492 e. The van der Waals surface area contributed by atoms with Crippen molar-refractivity contribution >= 4 is 21.8 Å². The predicted octanol–water partition coefficient (Wildman–Crippen LogP) is 0.649. The number of pyridine rings is 1. The van der Waals surface area contributed by atoms with Gasteiger partial charge in [0.2, 0.25) is 15.9 Å². The minimum atomic E-state index is -3.97. The molecule has 14 heteroatoms. The van der Waals surface area contributed by atoms with E-state index >= 15 is 0 Å². The Balaban J connectivity index is 1.50. The van der Waals surface area contributed by atoms with Crippen molar-refractivity contribution in [1.29, 1.82) is 0 Å². The van der Waals surface area contributed by atoms with Gasteiger partial charge in [0.05, 0.1) is 25.4 Å². The van der Waals surface area contributed by atoms with Gasteiger partial charge in [0.15, 0.2) is 0 Å². The third-order valence-electron chi connectivity index (χ3n) is 7.43. The average molecular weight is 584 g/mol. The lowest BCUT2D eigenvalue weighted by atomic mass is 9.99. The summed E-state index contributed by atoms with van der Waals surface area (Å²) in [4.78, 5) is 40.4. The van der Waals surface area contributed by atoms with Crippen LogP contribution < -0.4 is 15.6 Å². The van der Waals surface area contributed by atoms with Crippen LogP contribution in [0.1, 0.15) is 41.0 Å². The molecule has 2 amide bonds. The highest BCUT2D eigenvalue weighted by molar-refractivity contribution is 7.89. The topological polar surface area (TPSA) is 149 Å². The molecular weight excluding hydrogens is 550 g/mol. The lowest BCUT2D eigenvalue weighted by Crippen LogP contribution is -2.39. The summed E-state index contributed by atoms with van der Waals surface area (Å²) < 4.78 is 37.7. The van der Waals surface area contributed by atoms with Crippen molar-refractivity contribution in [2.24, 2.45) is 5.92 Å². The number of rotatable bonds is 4. The monoisotopic (exact) mass is 583 g/mol. The SMILES string of the molecule is CCOc1ccc(C)cc1S(=O)(=O)N1C[C@@H]2CC(=O)NCCN(C)C(=O)c3cccn(c3=O)Cc3cn(nn3)[C@@H]2C1. The summed E-state index contributed by atoms with van der Waals surface area (Å²) in [6, 6.07) is 7.66. The van der Waals surface area contributed by atoms with E-state index in [2.05, 4.69) is 15.6 Å². The third kappa shape index (κ3) is 5.75. The molecule has 4 bridgehead atoms. The lowest BCUT2D eigenvalue weighted by Gasteiger charge is -2.20. The second-order valence-electron chi connectivity index (χ2n) is 10.4. The molecule has 0 saturated carbocycles. The highest BCUT2D eigenvalue weighted by Gasteiger charge is 2.42. The zero-order valence-electron chi connectivity index (χ0n) is 23.2. The molecular formula is C27H33N7O6S. The van der Waals surface area contributed by atoms with Gasteiger partial charge in [-0.3, -0.25) is 14.4 Å². The molecule has 4 heterocycles. The van der Waals surface area contributed by atoms with Gasteiger partial charge < -0.3 is 19.5 Å². The molecule has 0 unspecified atom stereocenters. The first-order chi connectivity index (χ1) is 19.6. The molecule has 1 N–H and O–H groups in total. The Morgan fingerprint density at radius 2 is 1.95 bits per heavy atom. The van der Waals surface area contributed by atoms with Crippen molar-refractivity contribution in [2.45, 2.75) is 37.8 Å². The fourth-order valence-electron chi connectivity index (χ4n) is 5.27. The molecule has 2 aromatic heterocycles. The van der Waals surface area contributed by atoms with Crippen molar-refractivity contribution in [3.05, 3.63) is 69.9 Å². The Kier molecular flexibility index (Phi) is 7.95. The van der Waals surface area contributed by atoms with E-state index in [9.17, 15) is 22.8 Å². The van der Waals surface area contributed by atoms with Gasteiger partial charge in [0.1, 0.15) is 21.9 Å². The molecule has 41 heavy (non-hydrogen) atoms. The Morgan fingerprint density at radius 1 is 1.15 bits per heavy atom. The number of fused-ring (bicyclic) bond motifs is 6. The van der Waals surface area contributed by atoms with E-state index in [0.717, 1.165) is 5.56 Å². The molecule has 3 aromatic rings. The number of sulfonamides is 1. The van der Waals surface area contributed by atoms with Crippen LogP contribution >= 0.6 is 0 Å². The minimum Gasteiger partial charge on any atom is -0.492 e. The van der Waals surface area contributed by atoms with Gasteiger partial charge in [-0.2, -0.15) is 4.31 Å². The van der Waals surface area contributed by atoms with Gasteiger partial charge in [0.25, 0.3) is 11.5 Å². The van der Waals surface area contributed by atoms with Crippen LogP contribution in [-0.2, 0) is 21.4 Å². The van der Waals surface area contributed by atoms with Crippen LogP contribution in [-0.4, -0.2) is 88.8 Å². The van der Waals surface area contributed by atoms with Crippen molar-refractivity contribution in [1.82, 2.24) is 34.1 Å². The van der Waals surface area contributed by atoms with Crippen LogP contribution in [0.15, 0.2) is 52.4 Å². The second-order valence-corrected chi connectivity index (χ2v) is 12.3. The van der Waals surface area contributed by atoms with Crippen molar-refractivity contribution in [3.8, 4) is 5.75 Å². The maximum Gasteiger partial charge on any atom is 0.263 e. The highest BCUT2D eigenvalue weighted by Crippen LogP contribution is 2.36. The molecule has 0 spiro atoms. The molecule has 2 atom stereocenters. The molecule has 5 rings (SSSR count). The first-order valence-electron chi connectivity index (χ1n) is 13.4. The number of likely N-dealkylation sites (N-methyl/N-ethyl adjacent to an activating group) is 1. The summed E-state index contributed by atoms with van der Waals surface area (Å²) in [5.74, 6) is -0.859. The van der Waals surface area contributed by atoms with Crippen LogP contribution in [0.3, 0.4) is 0 Å². The van der Waals surface area contributed by atoms with Crippen LogP contribution in [0.25, 0.3) is 0 Å². The zero-order valence-corrected chi connectivity index (χ0v) is 24.0. The van der Waals surface area contributed by atoms with Crippen molar-refractivity contribution in [2.75, 3.05) is 39.8 Å². The molecule has 2 aliphatic heterocycles. The van der Waals surface area contributed by atoms with E-state index in [1.165, 1.54) is 19.8 Å². The van der Waals surface area contributed by atoms with Gasteiger partial charge in [0, 0.05) is 51.8 Å². The third-order valence-corrected chi connectivity index (χ3v) is 9.29. The summed E-state index contributed by atoms with van der Waals surface area (Å²) in [5.41, 5.74) is 0.785. The molecule has 0 radical (unpaired) electrons. The Labute approximate surface area is 237 Å². The van der Waals surface area contributed by atoms with Gasteiger partial charge in [-0.1, -0.05) is 11.3 Å². The van der Waals surface area contributed by atoms with Crippen LogP contribution in [0, 0.1) is 12.8 Å². The van der Waals surface area contributed by atoms with E-state index < -0.39 is 33.4 Å². The number of hydrogen-bond donors (Lipinski definition) is 1. The molecule has 1 saturated heterocycles. The van der Waals surface area contributed by atoms with Crippen LogP contribution in [0.2, 0.25) is 0 Å². The number of nitrogens with zero attached hydrogens (tertiary/aromatic N) is 6. The summed E-state index contributed by atoms with van der Waals surface area (Å²) in [7, 11) is -2.41. The minimum absolute atomic E-state index is 0.0140. The number of carbonyl (C=O) groups excluding carboxylic acids is 2. The fraction of sp³-hybridized carbons (Fsp3) is 0.444. The van der Waals surface area contributed by atoms with Gasteiger partial charge in [-0.05, 0) is 43.7 Å². The van der Waals surface area contributed by atoms with Crippen LogP contribution in [0.4, 0.5) is 0 Å². The Morgan fingerprint density at radius 3 is 2.73 bits per heavy atom. The number of benzene rings is 1. The number of nitrogens with one attached hydrogen (secondary N) is 1. The maximum atomic E-state index is 13.9. The number of ether oxygens (including phenoxy) is 1.